The monoisotopic (exact) mass is 425 g/mol. The molecule has 0 unspecified atom stereocenters. The van der Waals surface area contributed by atoms with Crippen molar-refractivity contribution in [1.29, 1.82) is 0 Å². The molecule has 2 aromatic heterocycles. The van der Waals surface area contributed by atoms with Crippen molar-refractivity contribution >= 4 is 44.9 Å². The van der Waals surface area contributed by atoms with Gasteiger partial charge in [-0.3, -0.25) is 14.2 Å². The van der Waals surface area contributed by atoms with Crippen molar-refractivity contribution in [3.05, 3.63) is 81.7 Å². The number of thioether (sulfide) groups is 1. The summed E-state index contributed by atoms with van der Waals surface area (Å²) in [6.07, 6.45) is 0. The summed E-state index contributed by atoms with van der Waals surface area (Å²) < 4.78 is 15.7. The Morgan fingerprint density at radius 1 is 1.21 bits per heavy atom. The summed E-state index contributed by atoms with van der Waals surface area (Å²) in [4.78, 5) is 30.0. The number of rotatable bonds is 5. The summed E-state index contributed by atoms with van der Waals surface area (Å²) in [5, 5.41) is 5.00. The molecule has 1 amide bonds. The molecule has 5 nitrogen and oxygen atoms in total. The van der Waals surface area contributed by atoms with Crippen molar-refractivity contribution in [3.8, 4) is 5.69 Å². The fourth-order valence-electron chi connectivity index (χ4n) is 2.83. The topological polar surface area (TPSA) is 64.0 Å². The van der Waals surface area contributed by atoms with E-state index in [4.69, 9.17) is 0 Å². The lowest BCUT2D eigenvalue weighted by molar-refractivity contribution is -0.113. The second kappa shape index (κ2) is 8.18. The molecule has 0 aliphatic carbocycles. The van der Waals surface area contributed by atoms with Gasteiger partial charge in [-0.2, -0.15) is 0 Å². The van der Waals surface area contributed by atoms with E-state index in [1.165, 1.54) is 22.0 Å². The number of benzene rings is 2. The molecule has 0 aliphatic rings. The highest BCUT2D eigenvalue weighted by atomic mass is 32.2. The normalized spacial score (nSPS) is 11.0. The third-order valence-electron chi connectivity index (χ3n) is 4.24. The molecule has 0 spiro atoms. The van der Waals surface area contributed by atoms with Gasteiger partial charge in [-0.25, -0.2) is 9.37 Å². The SMILES string of the molecule is Cc1cc(-n2c(SCC(=O)Nc3ccccc3)nc3ccsc3c2=O)ccc1F. The number of aromatic nitrogens is 2. The Morgan fingerprint density at radius 2 is 2.00 bits per heavy atom. The molecule has 0 aliphatic heterocycles. The third-order valence-corrected chi connectivity index (χ3v) is 6.07. The maximum atomic E-state index is 13.7. The zero-order valence-electron chi connectivity index (χ0n) is 15.4. The maximum Gasteiger partial charge on any atom is 0.276 e. The van der Waals surface area contributed by atoms with Crippen LogP contribution in [-0.4, -0.2) is 21.2 Å². The number of halogens is 1. The van der Waals surface area contributed by atoms with Crippen molar-refractivity contribution in [2.45, 2.75) is 12.1 Å². The molecule has 2 heterocycles. The van der Waals surface area contributed by atoms with E-state index in [2.05, 4.69) is 10.3 Å². The number of fused-ring (bicyclic) bond motifs is 1. The Hall–Kier alpha value is -2.97. The van der Waals surface area contributed by atoms with Crippen LogP contribution in [0.5, 0.6) is 0 Å². The Morgan fingerprint density at radius 3 is 2.76 bits per heavy atom. The molecule has 0 bridgehead atoms. The number of hydrogen-bond donors (Lipinski definition) is 1. The number of aryl methyl sites for hydroxylation is 1. The molecule has 146 valence electrons. The molecule has 29 heavy (non-hydrogen) atoms. The zero-order chi connectivity index (χ0) is 20.4. The number of nitrogens with zero attached hydrogens (tertiary/aromatic N) is 2. The Labute approximate surface area is 174 Å². The molecule has 0 saturated heterocycles. The molecule has 8 heteroatoms. The Balaban J connectivity index is 1.68. The first-order valence-electron chi connectivity index (χ1n) is 8.77. The van der Waals surface area contributed by atoms with Gasteiger partial charge in [0.1, 0.15) is 10.5 Å². The second-order valence-corrected chi connectivity index (χ2v) is 8.16. The first kappa shape index (κ1) is 19.4. The highest BCUT2D eigenvalue weighted by Gasteiger charge is 2.16. The van der Waals surface area contributed by atoms with Crippen LogP contribution in [0.2, 0.25) is 0 Å². The largest absolute Gasteiger partial charge is 0.325 e. The molecule has 4 rings (SSSR count). The van der Waals surface area contributed by atoms with Crippen molar-refractivity contribution in [2.75, 3.05) is 11.1 Å². The molecule has 1 N–H and O–H groups in total. The molecule has 0 atom stereocenters. The molecule has 0 radical (unpaired) electrons. The van der Waals surface area contributed by atoms with Gasteiger partial charge in [0.25, 0.3) is 5.56 Å². The highest BCUT2D eigenvalue weighted by molar-refractivity contribution is 7.99. The summed E-state index contributed by atoms with van der Waals surface area (Å²) in [6.45, 7) is 1.64. The van der Waals surface area contributed by atoms with E-state index in [-0.39, 0.29) is 23.0 Å². The molecule has 2 aromatic carbocycles. The summed E-state index contributed by atoms with van der Waals surface area (Å²) in [6, 6.07) is 15.4. The number of para-hydroxylation sites is 1. The second-order valence-electron chi connectivity index (χ2n) is 6.31. The average molecular weight is 426 g/mol. The number of hydrogen-bond acceptors (Lipinski definition) is 5. The van der Waals surface area contributed by atoms with Crippen LogP contribution in [0.1, 0.15) is 5.56 Å². The van der Waals surface area contributed by atoms with E-state index in [0.29, 0.717) is 32.3 Å². The van der Waals surface area contributed by atoms with E-state index >= 15 is 0 Å². The maximum absolute atomic E-state index is 13.7. The van der Waals surface area contributed by atoms with Crippen molar-refractivity contribution in [2.24, 2.45) is 0 Å². The van der Waals surface area contributed by atoms with Gasteiger partial charge in [-0.1, -0.05) is 30.0 Å². The van der Waals surface area contributed by atoms with E-state index in [1.54, 1.807) is 42.6 Å². The van der Waals surface area contributed by atoms with Crippen LogP contribution in [0.25, 0.3) is 15.9 Å². The lowest BCUT2D eigenvalue weighted by Crippen LogP contribution is -2.22. The predicted molar refractivity (Wildman–Crippen MR) is 116 cm³/mol. The summed E-state index contributed by atoms with van der Waals surface area (Å²) in [5.41, 5.74) is 2.00. The molecule has 0 fully saturated rings. The van der Waals surface area contributed by atoms with Gasteiger partial charge in [-0.15, -0.1) is 11.3 Å². The average Bonchev–Trinajstić information content (AvgIpc) is 3.18. The fourth-order valence-corrected chi connectivity index (χ4v) is 4.41. The minimum Gasteiger partial charge on any atom is -0.325 e. The summed E-state index contributed by atoms with van der Waals surface area (Å²) >= 11 is 2.47. The van der Waals surface area contributed by atoms with Gasteiger partial charge in [0, 0.05) is 5.69 Å². The van der Waals surface area contributed by atoms with E-state index in [1.807, 2.05) is 18.2 Å². The van der Waals surface area contributed by atoms with Crippen molar-refractivity contribution < 1.29 is 9.18 Å². The lowest BCUT2D eigenvalue weighted by atomic mass is 10.2. The zero-order valence-corrected chi connectivity index (χ0v) is 17.0. The number of anilines is 1. The first-order chi connectivity index (χ1) is 14.0. The van der Waals surface area contributed by atoms with E-state index < -0.39 is 0 Å². The van der Waals surface area contributed by atoms with Gasteiger partial charge < -0.3 is 5.32 Å². The van der Waals surface area contributed by atoms with Crippen LogP contribution >= 0.6 is 23.1 Å². The smallest absolute Gasteiger partial charge is 0.276 e. The number of carbonyl (C=O) groups excluding carboxylic acids is 1. The first-order valence-corrected chi connectivity index (χ1v) is 10.6. The van der Waals surface area contributed by atoms with Crippen LogP contribution in [0, 0.1) is 12.7 Å². The van der Waals surface area contributed by atoms with Gasteiger partial charge >= 0.3 is 0 Å². The van der Waals surface area contributed by atoms with E-state index in [0.717, 1.165) is 11.8 Å². The van der Waals surface area contributed by atoms with Crippen molar-refractivity contribution in [3.63, 3.8) is 0 Å². The predicted octanol–water partition coefficient (Wildman–Crippen LogP) is 4.63. The van der Waals surface area contributed by atoms with Crippen LogP contribution in [0.15, 0.2) is 69.9 Å². The van der Waals surface area contributed by atoms with Gasteiger partial charge in [-0.05, 0) is 54.3 Å². The van der Waals surface area contributed by atoms with Crippen LogP contribution in [0.3, 0.4) is 0 Å². The fraction of sp³-hybridized carbons (Fsp3) is 0.0952. The molecular formula is C21H16FN3O2S2. The van der Waals surface area contributed by atoms with Gasteiger partial charge in [0.15, 0.2) is 5.16 Å². The van der Waals surface area contributed by atoms with Crippen LogP contribution in [0.4, 0.5) is 10.1 Å². The number of thiophene rings is 1. The van der Waals surface area contributed by atoms with Crippen molar-refractivity contribution in [1.82, 2.24) is 9.55 Å². The minimum atomic E-state index is -0.344. The summed E-state index contributed by atoms with van der Waals surface area (Å²) in [5.74, 6) is -0.469. The van der Waals surface area contributed by atoms with E-state index in [9.17, 15) is 14.0 Å². The highest BCUT2D eigenvalue weighted by Crippen LogP contribution is 2.24. The Bertz CT molecular complexity index is 1250. The van der Waals surface area contributed by atoms with Crippen LogP contribution < -0.4 is 10.9 Å². The molecular weight excluding hydrogens is 409 g/mol. The standard InChI is InChI=1S/C21H16FN3O2S2/c1-13-11-15(7-8-16(13)22)25-20(27)19-17(9-10-28-19)24-21(25)29-12-18(26)23-14-5-3-2-4-6-14/h2-11H,12H2,1H3,(H,23,26). The Kier molecular flexibility index (Phi) is 5.46. The van der Waals surface area contributed by atoms with Crippen LogP contribution in [-0.2, 0) is 4.79 Å². The number of carbonyl (C=O) groups is 1. The summed E-state index contributed by atoms with van der Waals surface area (Å²) in [7, 11) is 0. The number of amides is 1. The number of nitrogens with one attached hydrogen (secondary N) is 1. The molecule has 0 saturated carbocycles. The van der Waals surface area contributed by atoms with Gasteiger partial charge in [0.05, 0.1) is 17.0 Å². The molecule has 4 aromatic rings. The third kappa shape index (κ3) is 4.08. The minimum absolute atomic E-state index is 0.0805. The quantitative estimate of drug-likeness (QED) is 0.374. The lowest BCUT2D eigenvalue weighted by Gasteiger charge is -2.13. The van der Waals surface area contributed by atoms with Gasteiger partial charge in [0.2, 0.25) is 5.91 Å².